The number of likely N-dealkylation sites (N-methyl/N-ethyl adjacent to an activating group) is 1. The number of piperazine rings is 1. The average molecular weight is 306 g/mol. The van der Waals surface area contributed by atoms with Crippen LogP contribution in [0.25, 0.3) is 0 Å². The molecule has 116 valence electrons. The van der Waals surface area contributed by atoms with Crippen molar-refractivity contribution in [2.24, 2.45) is 0 Å². The number of rotatable bonds is 7. The summed E-state index contributed by atoms with van der Waals surface area (Å²) < 4.78 is 5.95. The summed E-state index contributed by atoms with van der Waals surface area (Å²) >= 11 is 4.68. The third-order valence-corrected chi connectivity index (χ3v) is 4.15. The van der Waals surface area contributed by atoms with Gasteiger partial charge in [-0.1, -0.05) is 24.3 Å². The van der Waals surface area contributed by atoms with Crippen molar-refractivity contribution in [3.8, 4) is 5.75 Å². The van der Waals surface area contributed by atoms with Crippen molar-refractivity contribution in [3.63, 3.8) is 0 Å². The van der Waals surface area contributed by atoms with E-state index in [-0.39, 0.29) is 5.25 Å². The van der Waals surface area contributed by atoms with Gasteiger partial charge in [0.2, 0.25) is 0 Å². The Hall–Kier alpha value is -0.970. The van der Waals surface area contributed by atoms with E-state index in [4.69, 9.17) is 4.74 Å². The highest BCUT2D eigenvalue weighted by Gasteiger charge is 2.17. The molecule has 3 nitrogen and oxygen atoms in total. The standard InChI is InChI=1S/C17H26N2OS/c1-3-6-15-7-4-5-8-17(15)20-14-16(21)13-19-11-9-18(2)10-12-19/h3-5,7-8,16,21H,1,6,9-14H2,2H3/t16-/m1/s1. The van der Waals surface area contributed by atoms with Crippen LogP contribution in [0.3, 0.4) is 0 Å². The van der Waals surface area contributed by atoms with Crippen LogP contribution in [0, 0.1) is 0 Å². The number of hydrogen-bond donors (Lipinski definition) is 1. The minimum absolute atomic E-state index is 0.241. The van der Waals surface area contributed by atoms with Crippen molar-refractivity contribution < 1.29 is 4.74 Å². The van der Waals surface area contributed by atoms with Crippen molar-refractivity contribution in [1.82, 2.24) is 9.80 Å². The first-order chi connectivity index (χ1) is 10.2. The molecule has 21 heavy (non-hydrogen) atoms. The molecule has 1 aromatic rings. The molecule has 1 aliphatic heterocycles. The maximum Gasteiger partial charge on any atom is 0.122 e. The molecule has 4 heteroatoms. The van der Waals surface area contributed by atoms with Crippen molar-refractivity contribution in [1.29, 1.82) is 0 Å². The Balaban J connectivity index is 1.78. The van der Waals surface area contributed by atoms with Crippen molar-refractivity contribution >= 4 is 12.6 Å². The smallest absolute Gasteiger partial charge is 0.122 e. The summed E-state index contributed by atoms with van der Waals surface area (Å²) in [6.45, 7) is 9.96. The Morgan fingerprint density at radius 3 is 2.71 bits per heavy atom. The largest absolute Gasteiger partial charge is 0.492 e. The number of para-hydroxylation sites is 1. The van der Waals surface area contributed by atoms with Gasteiger partial charge in [-0.05, 0) is 25.1 Å². The highest BCUT2D eigenvalue weighted by molar-refractivity contribution is 7.81. The maximum atomic E-state index is 5.95. The molecule has 0 saturated carbocycles. The van der Waals surface area contributed by atoms with Gasteiger partial charge in [0, 0.05) is 38.0 Å². The molecule has 1 aliphatic rings. The van der Waals surface area contributed by atoms with E-state index in [1.54, 1.807) is 0 Å². The van der Waals surface area contributed by atoms with Crippen LogP contribution < -0.4 is 4.74 Å². The summed E-state index contributed by atoms with van der Waals surface area (Å²) in [4.78, 5) is 4.84. The van der Waals surface area contributed by atoms with Gasteiger partial charge in [0.25, 0.3) is 0 Å². The van der Waals surface area contributed by atoms with E-state index in [2.05, 4.69) is 42.1 Å². The van der Waals surface area contributed by atoms with E-state index in [0.29, 0.717) is 6.61 Å². The minimum atomic E-state index is 0.241. The van der Waals surface area contributed by atoms with E-state index in [1.165, 1.54) is 5.56 Å². The molecule has 0 amide bonds. The van der Waals surface area contributed by atoms with E-state index < -0.39 is 0 Å². The van der Waals surface area contributed by atoms with Gasteiger partial charge in [0.05, 0.1) is 0 Å². The minimum Gasteiger partial charge on any atom is -0.492 e. The van der Waals surface area contributed by atoms with Crippen molar-refractivity contribution in [2.45, 2.75) is 11.7 Å². The fraction of sp³-hybridized carbons (Fsp3) is 0.529. The Morgan fingerprint density at radius 1 is 1.29 bits per heavy atom. The zero-order chi connectivity index (χ0) is 15.1. The molecule has 0 radical (unpaired) electrons. The van der Waals surface area contributed by atoms with Crippen LogP contribution >= 0.6 is 12.6 Å². The van der Waals surface area contributed by atoms with Crippen LogP contribution in [0.2, 0.25) is 0 Å². The number of benzene rings is 1. The second-order valence-corrected chi connectivity index (χ2v) is 6.40. The molecule has 0 N–H and O–H groups in total. The molecule has 0 bridgehead atoms. The first-order valence-electron chi connectivity index (χ1n) is 7.59. The van der Waals surface area contributed by atoms with E-state index in [1.807, 2.05) is 24.3 Å². The molecule has 1 saturated heterocycles. The van der Waals surface area contributed by atoms with Gasteiger partial charge in [-0.2, -0.15) is 12.6 Å². The lowest BCUT2D eigenvalue weighted by Gasteiger charge is -2.33. The summed E-state index contributed by atoms with van der Waals surface area (Å²) in [5, 5.41) is 0.241. The van der Waals surface area contributed by atoms with Crippen LogP contribution in [0.4, 0.5) is 0 Å². The van der Waals surface area contributed by atoms with E-state index in [9.17, 15) is 0 Å². The zero-order valence-electron chi connectivity index (χ0n) is 12.9. The van der Waals surface area contributed by atoms with Crippen molar-refractivity contribution in [3.05, 3.63) is 42.5 Å². The third-order valence-electron chi connectivity index (χ3n) is 3.83. The number of nitrogens with zero attached hydrogens (tertiary/aromatic N) is 2. The molecular weight excluding hydrogens is 280 g/mol. The molecule has 0 unspecified atom stereocenters. The van der Waals surface area contributed by atoms with Gasteiger partial charge in [-0.3, -0.25) is 4.90 Å². The van der Waals surface area contributed by atoms with Crippen LogP contribution in [-0.4, -0.2) is 61.4 Å². The van der Waals surface area contributed by atoms with Gasteiger partial charge in [-0.15, -0.1) is 6.58 Å². The molecule has 0 aliphatic carbocycles. The average Bonchev–Trinajstić information content (AvgIpc) is 2.49. The quantitative estimate of drug-likeness (QED) is 0.615. The third kappa shape index (κ3) is 5.38. The van der Waals surface area contributed by atoms with Gasteiger partial charge in [-0.25, -0.2) is 0 Å². The van der Waals surface area contributed by atoms with E-state index >= 15 is 0 Å². The first kappa shape index (κ1) is 16.4. The van der Waals surface area contributed by atoms with Crippen LogP contribution in [0.1, 0.15) is 5.56 Å². The summed E-state index contributed by atoms with van der Waals surface area (Å²) in [5.41, 5.74) is 1.19. The Labute approximate surface area is 134 Å². The SMILES string of the molecule is C=CCc1ccccc1OC[C@H](S)CN1CCN(C)CC1. The van der Waals surface area contributed by atoms with Crippen LogP contribution in [-0.2, 0) is 6.42 Å². The molecule has 1 atom stereocenters. The second kappa shape index (κ2) is 8.47. The highest BCUT2D eigenvalue weighted by atomic mass is 32.1. The predicted octanol–water partition coefficient (Wildman–Crippen LogP) is 2.34. The lowest BCUT2D eigenvalue weighted by Crippen LogP contribution is -2.47. The van der Waals surface area contributed by atoms with Gasteiger partial charge in [0.1, 0.15) is 12.4 Å². The van der Waals surface area contributed by atoms with Gasteiger partial charge < -0.3 is 9.64 Å². The zero-order valence-corrected chi connectivity index (χ0v) is 13.8. The van der Waals surface area contributed by atoms with Gasteiger partial charge in [0.15, 0.2) is 0 Å². The molecule has 0 spiro atoms. The Bertz CT molecular complexity index is 444. The number of ether oxygens (including phenoxy) is 1. The highest BCUT2D eigenvalue weighted by Crippen LogP contribution is 2.19. The molecule has 2 rings (SSSR count). The lowest BCUT2D eigenvalue weighted by molar-refractivity contribution is 0.148. The second-order valence-electron chi connectivity index (χ2n) is 5.67. The monoisotopic (exact) mass is 306 g/mol. The fourth-order valence-electron chi connectivity index (χ4n) is 2.54. The summed E-state index contributed by atoms with van der Waals surface area (Å²) in [6, 6.07) is 8.16. The summed E-state index contributed by atoms with van der Waals surface area (Å²) in [7, 11) is 2.18. The topological polar surface area (TPSA) is 15.7 Å². The van der Waals surface area contributed by atoms with Crippen molar-refractivity contribution in [2.75, 3.05) is 46.4 Å². The maximum absolute atomic E-state index is 5.95. The Morgan fingerprint density at radius 2 is 2.00 bits per heavy atom. The predicted molar refractivity (Wildman–Crippen MR) is 92.5 cm³/mol. The first-order valence-corrected chi connectivity index (χ1v) is 8.11. The summed E-state index contributed by atoms with van der Waals surface area (Å²) in [6.07, 6.45) is 2.75. The van der Waals surface area contributed by atoms with Gasteiger partial charge >= 0.3 is 0 Å². The fourth-order valence-corrected chi connectivity index (χ4v) is 2.84. The summed E-state index contributed by atoms with van der Waals surface area (Å²) in [5.74, 6) is 0.954. The Kier molecular flexibility index (Phi) is 6.61. The molecular formula is C17H26N2OS. The van der Waals surface area contributed by atoms with E-state index in [0.717, 1.165) is 44.9 Å². The normalized spacial score (nSPS) is 18.4. The molecule has 1 heterocycles. The lowest BCUT2D eigenvalue weighted by atomic mass is 10.1. The molecule has 1 fully saturated rings. The molecule has 0 aromatic heterocycles. The number of thiol groups is 1. The molecule has 1 aromatic carbocycles. The number of hydrogen-bond acceptors (Lipinski definition) is 4. The van der Waals surface area contributed by atoms with Crippen LogP contribution in [0.5, 0.6) is 5.75 Å². The number of allylic oxidation sites excluding steroid dienone is 1. The van der Waals surface area contributed by atoms with Crippen LogP contribution in [0.15, 0.2) is 36.9 Å².